The number of fused-ring (bicyclic) bond motifs is 1. The standard InChI is InChI=1S/C7H13N3O/c11-7-4-9-5-1-2-8-3-6(5)10-7/h5-6,8-9H,1-4H2,(H,10,11). The summed E-state index contributed by atoms with van der Waals surface area (Å²) < 4.78 is 0. The summed E-state index contributed by atoms with van der Waals surface area (Å²) in [4.78, 5) is 10.9. The van der Waals surface area contributed by atoms with Gasteiger partial charge in [-0.1, -0.05) is 0 Å². The SMILES string of the molecule is O=C1CNC2CCNCC2N1. The monoisotopic (exact) mass is 155 g/mol. The van der Waals surface area contributed by atoms with Crippen molar-refractivity contribution in [3.05, 3.63) is 0 Å². The number of piperidine rings is 1. The number of hydrogen-bond donors (Lipinski definition) is 3. The normalized spacial score (nSPS) is 37.6. The Balaban J connectivity index is 1.98. The van der Waals surface area contributed by atoms with Crippen LogP contribution in [-0.2, 0) is 4.79 Å². The maximum Gasteiger partial charge on any atom is 0.234 e. The van der Waals surface area contributed by atoms with Crippen molar-refractivity contribution in [1.82, 2.24) is 16.0 Å². The zero-order valence-electron chi connectivity index (χ0n) is 6.39. The molecule has 0 aromatic heterocycles. The molecule has 2 saturated heterocycles. The highest BCUT2D eigenvalue weighted by atomic mass is 16.2. The van der Waals surface area contributed by atoms with Gasteiger partial charge in [-0.2, -0.15) is 0 Å². The largest absolute Gasteiger partial charge is 0.349 e. The van der Waals surface area contributed by atoms with Gasteiger partial charge >= 0.3 is 0 Å². The predicted octanol–water partition coefficient (Wildman–Crippen LogP) is -1.56. The molecule has 3 N–H and O–H groups in total. The Bertz CT molecular complexity index is 171. The Hall–Kier alpha value is -0.610. The molecule has 1 amide bonds. The molecule has 2 aliphatic rings. The first-order chi connectivity index (χ1) is 5.36. The molecule has 11 heavy (non-hydrogen) atoms. The van der Waals surface area contributed by atoms with Crippen LogP contribution in [-0.4, -0.2) is 37.6 Å². The van der Waals surface area contributed by atoms with E-state index in [0.29, 0.717) is 18.6 Å². The lowest BCUT2D eigenvalue weighted by Gasteiger charge is -2.36. The number of carbonyl (C=O) groups is 1. The quantitative estimate of drug-likeness (QED) is 0.396. The molecule has 2 fully saturated rings. The lowest BCUT2D eigenvalue weighted by molar-refractivity contribution is -0.123. The van der Waals surface area contributed by atoms with Crippen molar-refractivity contribution in [3.63, 3.8) is 0 Å². The summed E-state index contributed by atoms with van der Waals surface area (Å²) in [6.45, 7) is 2.45. The van der Waals surface area contributed by atoms with Crippen LogP contribution >= 0.6 is 0 Å². The molecule has 0 radical (unpaired) electrons. The fraction of sp³-hybridized carbons (Fsp3) is 0.857. The van der Waals surface area contributed by atoms with Gasteiger partial charge in [-0.15, -0.1) is 0 Å². The third-order valence-corrected chi connectivity index (χ3v) is 2.35. The fourth-order valence-corrected chi connectivity index (χ4v) is 1.74. The number of amides is 1. The van der Waals surface area contributed by atoms with Crippen LogP contribution in [0.2, 0.25) is 0 Å². The third kappa shape index (κ3) is 1.36. The molecule has 0 saturated carbocycles. The number of hydrogen-bond acceptors (Lipinski definition) is 3. The Morgan fingerprint density at radius 2 is 2.27 bits per heavy atom. The van der Waals surface area contributed by atoms with E-state index in [2.05, 4.69) is 16.0 Å². The van der Waals surface area contributed by atoms with Crippen molar-refractivity contribution in [3.8, 4) is 0 Å². The first kappa shape index (κ1) is 7.06. The Labute approximate surface area is 65.7 Å². The van der Waals surface area contributed by atoms with Crippen LogP contribution in [0.5, 0.6) is 0 Å². The fourth-order valence-electron chi connectivity index (χ4n) is 1.74. The van der Waals surface area contributed by atoms with Gasteiger partial charge in [0.2, 0.25) is 5.91 Å². The molecule has 4 nitrogen and oxygen atoms in total. The lowest BCUT2D eigenvalue weighted by atomic mass is 9.99. The molecule has 0 aliphatic carbocycles. The molecule has 0 spiro atoms. The van der Waals surface area contributed by atoms with Gasteiger partial charge < -0.3 is 16.0 Å². The zero-order valence-corrected chi connectivity index (χ0v) is 6.39. The van der Waals surface area contributed by atoms with Gasteiger partial charge in [0.25, 0.3) is 0 Å². The van der Waals surface area contributed by atoms with Crippen LogP contribution in [0.1, 0.15) is 6.42 Å². The number of rotatable bonds is 0. The predicted molar refractivity (Wildman–Crippen MR) is 41.2 cm³/mol. The summed E-state index contributed by atoms with van der Waals surface area (Å²) in [5.74, 6) is 0.120. The van der Waals surface area contributed by atoms with Crippen molar-refractivity contribution < 1.29 is 4.79 Å². The van der Waals surface area contributed by atoms with Crippen molar-refractivity contribution in [2.45, 2.75) is 18.5 Å². The molecule has 2 aliphatic heterocycles. The van der Waals surface area contributed by atoms with Crippen LogP contribution in [0.15, 0.2) is 0 Å². The summed E-state index contributed by atoms with van der Waals surface area (Å²) in [6.07, 6.45) is 1.12. The highest BCUT2D eigenvalue weighted by Gasteiger charge is 2.29. The minimum atomic E-state index is 0.120. The topological polar surface area (TPSA) is 53.2 Å². The highest BCUT2D eigenvalue weighted by molar-refractivity contribution is 5.79. The average molecular weight is 155 g/mol. The van der Waals surface area contributed by atoms with Crippen LogP contribution in [0.25, 0.3) is 0 Å². The van der Waals surface area contributed by atoms with Gasteiger partial charge in [-0.05, 0) is 13.0 Å². The van der Waals surface area contributed by atoms with E-state index >= 15 is 0 Å². The smallest absolute Gasteiger partial charge is 0.234 e. The highest BCUT2D eigenvalue weighted by Crippen LogP contribution is 2.05. The minimum absolute atomic E-state index is 0.120. The van der Waals surface area contributed by atoms with E-state index in [1.54, 1.807) is 0 Å². The second-order valence-electron chi connectivity index (χ2n) is 3.15. The van der Waals surface area contributed by atoms with E-state index in [9.17, 15) is 4.79 Å². The molecule has 4 heteroatoms. The molecule has 0 bridgehead atoms. The van der Waals surface area contributed by atoms with Crippen molar-refractivity contribution >= 4 is 5.91 Å². The van der Waals surface area contributed by atoms with Crippen molar-refractivity contribution in [2.75, 3.05) is 19.6 Å². The first-order valence-electron chi connectivity index (χ1n) is 4.10. The first-order valence-corrected chi connectivity index (χ1v) is 4.10. The lowest BCUT2D eigenvalue weighted by Crippen LogP contribution is -2.64. The Morgan fingerprint density at radius 3 is 3.18 bits per heavy atom. The Kier molecular flexibility index (Phi) is 1.79. The minimum Gasteiger partial charge on any atom is -0.349 e. The second-order valence-corrected chi connectivity index (χ2v) is 3.15. The van der Waals surface area contributed by atoms with E-state index in [0.717, 1.165) is 19.5 Å². The van der Waals surface area contributed by atoms with Gasteiger partial charge in [-0.3, -0.25) is 4.79 Å². The maximum absolute atomic E-state index is 10.9. The van der Waals surface area contributed by atoms with Gasteiger partial charge in [0, 0.05) is 12.6 Å². The molecule has 2 atom stereocenters. The Morgan fingerprint density at radius 1 is 1.36 bits per heavy atom. The third-order valence-electron chi connectivity index (χ3n) is 2.35. The van der Waals surface area contributed by atoms with E-state index in [1.165, 1.54) is 0 Å². The molecule has 2 rings (SSSR count). The van der Waals surface area contributed by atoms with Crippen LogP contribution in [0.3, 0.4) is 0 Å². The molecule has 2 unspecified atom stereocenters. The zero-order chi connectivity index (χ0) is 7.68. The summed E-state index contributed by atoms with van der Waals surface area (Å²) in [5.41, 5.74) is 0. The summed E-state index contributed by atoms with van der Waals surface area (Å²) in [5, 5.41) is 9.42. The molecule has 2 heterocycles. The average Bonchev–Trinajstić information content (AvgIpc) is 2.04. The van der Waals surface area contributed by atoms with Gasteiger partial charge in [0.05, 0.1) is 12.6 Å². The van der Waals surface area contributed by atoms with E-state index in [1.807, 2.05) is 0 Å². The van der Waals surface area contributed by atoms with Crippen LogP contribution in [0, 0.1) is 0 Å². The van der Waals surface area contributed by atoms with Crippen LogP contribution < -0.4 is 16.0 Å². The van der Waals surface area contributed by atoms with Crippen molar-refractivity contribution in [2.24, 2.45) is 0 Å². The molecular formula is C7H13N3O. The molecular weight excluding hydrogens is 142 g/mol. The van der Waals surface area contributed by atoms with Crippen LogP contribution in [0.4, 0.5) is 0 Å². The molecule has 0 aromatic carbocycles. The van der Waals surface area contributed by atoms with Crippen molar-refractivity contribution in [1.29, 1.82) is 0 Å². The summed E-state index contributed by atoms with van der Waals surface area (Å²) in [6, 6.07) is 0.805. The summed E-state index contributed by atoms with van der Waals surface area (Å²) in [7, 11) is 0. The second kappa shape index (κ2) is 2.79. The number of piperazine rings is 1. The maximum atomic E-state index is 10.9. The van der Waals surface area contributed by atoms with E-state index in [4.69, 9.17) is 0 Å². The number of carbonyl (C=O) groups excluding carboxylic acids is 1. The van der Waals surface area contributed by atoms with E-state index < -0.39 is 0 Å². The number of nitrogens with one attached hydrogen (secondary N) is 3. The summed E-state index contributed by atoms with van der Waals surface area (Å²) >= 11 is 0. The van der Waals surface area contributed by atoms with E-state index in [-0.39, 0.29) is 5.91 Å². The molecule has 62 valence electrons. The van der Waals surface area contributed by atoms with Gasteiger partial charge in [0.1, 0.15) is 0 Å². The van der Waals surface area contributed by atoms with Gasteiger partial charge in [-0.25, -0.2) is 0 Å². The molecule has 0 aromatic rings. The van der Waals surface area contributed by atoms with Gasteiger partial charge in [0.15, 0.2) is 0 Å².